The van der Waals surface area contributed by atoms with E-state index in [9.17, 15) is 4.79 Å². The molecule has 0 aromatic rings. The van der Waals surface area contributed by atoms with Gasteiger partial charge in [0.1, 0.15) is 5.71 Å². The Kier molecular flexibility index (Phi) is 5.73. The molecule has 0 aliphatic rings. The van der Waals surface area contributed by atoms with Gasteiger partial charge in [-0.15, -0.1) is 0 Å². The molecule has 0 fully saturated rings. The summed E-state index contributed by atoms with van der Waals surface area (Å²) in [6.45, 7) is 5.30. The Morgan fingerprint density at radius 1 is 1.50 bits per heavy atom. The fourth-order valence-corrected chi connectivity index (χ4v) is 0.630. The van der Waals surface area contributed by atoms with Gasteiger partial charge < -0.3 is 5.32 Å². The Morgan fingerprint density at radius 3 is 2.50 bits per heavy atom. The van der Waals surface area contributed by atoms with Crippen LogP contribution < -0.4 is 22.0 Å². The van der Waals surface area contributed by atoms with Crippen LogP contribution in [0.5, 0.6) is 0 Å². The van der Waals surface area contributed by atoms with Gasteiger partial charge in [0.05, 0.1) is 0 Å². The molecule has 0 bridgehead atoms. The first-order valence-corrected chi connectivity index (χ1v) is 4.50. The molecule has 0 saturated carbocycles. The second kappa shape index (κ2) is 6.28. The minimum absolute atomic E-state index is 0.0761. The highest BCUT2D eigenvalue weighted by atomic mass is 32.1. The number of nitrogens with two attached hydrogens (primary N) is 1. The summed E-state index contributed by atoms with van der Waals surface area (Å²) in [4.78, 5) is 11.3. The van der Waals surface area contributed by atoms with Crippen LogP contribution in [0.4, 0.5) is 0 Å². The van der Waals surface area contributed by atoms with Crippen LogP contribution in [0.25, 0.3) is 0 Å². The van der Waals surface area contributed by atoms with E-state index in [1.807, 2.05) is 13.8 Å². The number of amides is 1. The highest BCUT2D eigenvalue weighted by molar-refractivity contribution is 7.80. The molecular weight excluding hydrogens is 202 g/mol. The van der Waals surface area contributed by atoms with E-state index in [1.54, 1.807) is 6.92 Å². The summed E-state index contributed by atoms with van der Waals surface area (Å²) in [6, 6.07) is 0.0761. The summed E-state index contributed by atoms with van der Waals surface area (Å²) in [5, 5.41) is 6.55. The van der Waals surface area contributed by atoms with Crippen LogP contribution in [-0.4, -0.2) is 22.8 Å². The molecule has 6 nitrogen and oxygen atoms in total. The van der Waals surface area contributed by atoms with Crippen LogP contribution in [0.1, 0.15) is 20.8 Å². The smallest absolute Gasteiger partial charge is 0.267 e. The van der Waals surface area contributed by atoms with Gasteiger partial charge in [-0.1, -0.05) is 0 Å². The number of rotatable bonds is 3. The maximum Gasteiger partial charge on any atom is 0.267 e. The summed E-state index contributed by atoms with van der Waals surface area (Å²) in [5.74, 6) is 4.75. The lowest BCUT2D eigenvalue weighted by Crippen LogP contribution is -2.39. The first-order chi connectivity index (χ1) is 6.47. The first kappa shape index (κ1) is 12.8. The van der Waals surface area contributed by atoms with E-state index in [1.165, 1.54) is 0 Å². The van der Waals surface area contributed by atoms with E-state index in [0.717, 1.165) is 0 Å². The van der Waals surface area contributed by atoms with E-state index >= 15 is 0 Å². The monoisotopic (exact) mass is 217 g/mol. The lowest BCUT2D eigenvalue weighted by atomic mass is 10.3. The molecule has 80 valence electrons. The van der Waals surface area contributed by atoms with Crippen LogP contribution in [-0.2, 0) is 4.79 Å². The number of hydrazine groups is 1. The molecule has 0 aromatic heterocycles. The van der Waals surface area contributed by atoms with Crippen LogP contribution in [0.15, 0.2) is 5.10 Å². The molecule has 7 heteroatoms. The lowest BCUT2D eigenvalue weighted by Gasteiger charge is -2.07. The van der Waals surface area contributed by atoms with Crippen LogP contribution >= 0.6 is 12.2 Å². The average molecular weight is 217 g/mol. The molecule has 14 heavy (non-hydrogen) atoms. The standard InChI is InChI=1S/C7H15N5OS/c1-4(2)9-6(13)5(3)11-12-7(14)10-8/h4H,8H2,1-3H3,(H,9,13)(H2,10,12,14)/b11-5+. The first-order valence-electron chi connectivity index (χ1n) is 4.09. The lowest BCUT2D eigenvalue weighted by molar-refractivity contribution is -0.115. The van der Waals surface area contributed by atoms with E-state index in [2.05, 4.69) is 33.5 Å². The quantitative estimate of drug-likeness (QED) is 0.215. The normalized spacial score (nSPS) is 11.1. The topological polar surface area (TPSA) is 91.5 Å². The molecule has 0 unspecified atom stereocenters. The number of carbonyl (C=O) groups excluding carboxylic acids is 1. The third kappa shape index (κ3) is 5.44. The number of hydrazone groups is 1. The van der Waals surface area contributed by atoms with Gasteiger partial charge in [0.15, 0.2) is 0 Å². The number of nitrogens with one attached hydrogen (secondary N) is 3. The van der Waals surface area contributed by atoms with Crippen molar-refractivity contribution in [2.45, 2.75) is 26.8 Å². The Morgan fingerprint density at radius 2 is 2.07 bits per heavy atom. The molecule has 0 aliphatic carbocycles. The second-order valence-corrected chi connectivity index (χ2v) is 3.32. The number of nitrogens with zero attached hydrogens (tertiary/aromatic N) is 1. The largest absolute Gasteiger partial charge is 0.349 e. The molecule has 0 aliphatic heterocycles. The molecule has 0 saturated heterocycles. The highest BCUT2D eigenvalue weighted by Gasteiger charge is 2.06. The van der Waals surface area contributed by atoms with Gasteiger partial charge >= 0.3 is 0 Å². The van der Waals surface area contributed by atoms with E-state index < -0.39 is 0 Å². The molecule has 1 amide bonds. The zero-order valence-electron chi connectivity index (χ0n) is 8.42. The van der Waals surface area contributed by atoms with Crippen molar-refractivity contribution >= 4 is 28.9 Å². The van der Waals surface area contributed by atoms with Crippen molar-refractivity contribution in [3.63, 3.8) is 0 Å². The Hall–Kier alpha value is -1.21. The van der Waals surface area contributed by atoms with Gasteiger partial charge in [0, 0.05) is 6.04 Å². The summed E-state index contributed by atoms with van der Waals surface area (Å²) >= 11 is 4.66. The van der Waals surface area contributed by atoms with Gasteiger partial charge in [-0.3, -0.25) is 15.6 Å². The third-order valence-electron chi connectivity index (χ3n) is 1.20. The Balaban J connectivity index is 4.10. The zero-order valence-corrected chi connectivity index (χ0v) is 9.23. The highest BCUT2D eigenvalue weighted by Crippen LogP contribution is 1.81. The van der Waals surface area contributed by atoms with Crippen LogP contribution in [0, 0.1) is 0 Å². The van der Waals surface area contributed by atoms with Crippen molar-refractivity contribution in [2.75, 3.05) is 0 Å². The maximum atomic E-state index is 11.3. The van der Waals surface area contributed by atoms with Crippen molar-refractivity contribution in [1.82, 2.24) is 16.2 Å². The Labute approximate surface area is 88.3 Å². The zero-order chi connectivity index (χ0) is 11.1. The number of hydrogen-bond acceptors (Lipinski definition) is 4. The number of carbonyl (C=O) groups is 1. The summed E-state index contributed by atoms with van der Waals surface area (Å²) in [7, 11) is 0. The molecule has 0 radical (unpaired) electrons. The van der Waals surface area contributed by atoms with Crippen molar-refractivity contribution in [2.24, 2.45) is 10.9 Å². The minimum atomic E-state index is -0.243. The molecule has 0 spiro atoms. The predicted octanol–water partition coefficient (Wildman–Crippen LogP) is -0.775. The van der Waals surface area contributed by atoms with Crippen molar-refractivity contribution in [1.29, 1.82) is 0 Å². The number of thiocarbonyl (C=S) groups is 1. The number of hydrogen-bond donors (Lipinski definition) is 4. The van der Waals surface area contributed by atoms with Crippen molar-refractivity contribution in [3.05, 3.63) is 0 Å². The Bertz CT molecular complexity index is 250. The van der Waals surface area contributed by atoms with Gasteiger partial charge in [-0.05, 0) is 33.0 Å². The van der Waals surface area contributed by atoms with Gasteiger partial charge in [-0.2, -0.15) is 5.10 Å². The SMILES string of the molecule is C/C(=N\NC(=S)NN)C(=O)NC(C)C. The van der Waals surface area contributed by atoms with Crippen LogP contribution in [0.3, 0.4) is 0 Å². The maximum absolute atomic E-state index is 11.3. The summed E-state index contributed by atoms with van der Waals surface area (Å²) < 4.78 is 0. The van der Waals surface area contributed by atoms with Gasteiger partial charge in [0.25, 0.3) is 5.91 Å². The fraction of sp³-hybridized carbons (Fsp3) is 0.571. The van der Waals surface area contributed by atoms with E-state index in [-0.39, 0.29) is 22.8 Å². The summed E-state index contributed by atoms with van der Waals surface area (Å²) in [5.41, 5.74) is 4.88. The second-order valence-electron chi connectivity index (χ2n) is 2.91. The minimum Gasteiger partial charge on any atom is -0.349 e. The van der Waals surface area contributed by atoms with E-state index in [4.69, 9.17) is 5.84 Å². The molecule has 0 aromatic carbocycles. The van der Waals surface area contributed by atoms with Crippen molar-refractivity contribution < 1.29 is 4.79 Å². The molecular formula is C7H15N5OS. The summed E-state index contributed by atoms with van der Waals surface area (Å²) in [6.07, 6.45) is 0. The fourth-order valence-electron chi connectivity index (χ4n) is 0.584. The average Bonchev–Trinajstić information content (AvgIpc) is 2.12. The molecule has 0 rings (SSSR count). The molecule has 0 atom stereocenters. The van der Waals surface area contributed by atoms with Crippen LogP contribution in [0.2, 0.25) is 0 Å². The van der Waals surface area contributed by atoms with Gasteiger partial charge in [-0.25, -0.2) is 5.84 Å². The van der Waals surface area contributed by atoms with Crippen molar-refractivity contribution in [3.8, 4) is 0 Å². The predicted molar refractivity (Wildman–Crippen MR) is 59.4 cm³/mol. The molecule has 5 N–H and O–H groups in total. The van der Waals surface area contributed by atoms with E-state index in [0.29, 0.717) is 0 Å². The third-order valence-corrected chi connectivity index (χ3v) is 1.41. The molecule has 0 heterocycles. The van der Waals surface area contributed by atoms with Gasteiger partial charge in [0.2, 0.25) is 5.11 Å².